The number of carbonyl (C=O) groups is 1. The van der Waals surface area contributed by atoms with E-state index in [9.17, 15) is 4.79 Å². The van der Waals surface area contributed by atoms with Crippen molar-refractivity contribution in [1.82, 2.24) is 9.88 Å². The van der Waals surface area contributed by atoms with Gasteiger partial charge in [0.25, 0.3) is 0 Å². The fourth-order valence-electron chi connectivity index (χ4n) is 2.53. The second-order valence-corrected chi connectivity index (χ2v) is 4.55. The number of aromatic nitrogens is 1. The zero-order valence-electron chi connectivity index (χ0n) is 10.7. The Kier molecular flexibility index (Phi) is 3.31. The number of hydrogen-bond donors (Lipinski definition) is 1. The summed E-state index contributed by atoms with van der Waals surface area (Å²) in [5.74, 6) is 1.06. The van der Waals surface area contributed by atoms with Crippen LogP contribution in [0.15, 0.2) is 12.3 Å². The molecular weight excluding hydrogens is 214 g/mol. The average molecular weight is 233 g/mol. The van der Waals surface area contributed by atoms with Crippen molar-refractivity contribution in [2.24, 2.45) is 0 Å². The highest BCUT2D eigenvalue weighted by Gasteiger charge is 2.28. The Morgan fingerprint density at radius 1 is 1.59 bits per heavy atom. The molecule has 0 aliphatic carbocycles. The third kappa shape index (κ3) is 2.25. The predicted octanol–water partition coefficient (Wildman–Crippen LogP) is 2.12. The monoisotopic (exact) mass is 233 g/mol. The maximum Gasteiger partial charge on any atom is 0.219 e. The molecule has 1 aliphatic rings. The summed E-state index contributed by atoms with van der Waals surface area (Å²) in [5, 5.41) is 3.06. The summed E-state index contributed by atoms with van der Waals surface area (Å²) in [6.07, 6.45) is 4.00. The van der Waals surface area contributed by atoms with Crippen LogP contribution < -0.4 is 5.32 Å². The molecule has 1 unspecified atom stereocenters. The molecule has 4 heteroatoms. The topological polar surface area (TPSA) is 45.2 Å². The van der Waals surface area contributed by atoms with Crippen LogP contribution in [-0.4, -0.2) is 29.4 Å². The van der Waals surface area contributed by atoms with Crippen molar-refractivity contribution in [2.75, 3.05) is 18.9 Å². The molecule has 0 spiro atoms. The first-order chi connectivity index (χ1) is 8.13. The van der Waals surface area contributed by atoms with Crippen molar-refractivity contribution < 1.29 is 4.79 Å². The molecule has 4 nitrogen and oxygen atoms in total. The zero-order chi connectivity index (χ0) is 12.4. The first kappa shape index (κ1) is 11.9. The molecule has 2 heterocycles. The highest BCUT2D eigenvalue weighted by molar-refractivity contribution is 5.74. The van der Waals surface area contributed by atoms with Crippen molar-refractivity contribution in [2.45, 2.75) is 32.7 Å². The number of anilines is 1. The highest BCUT2D eigenvalue weighted by Crippen LogP contribution is 2.32. The number of rotatable bonds is 2. The predicted molar refractivity (Wildman–Crippen MR) is 67.9 cm³/mol. The summed E-state index contributed by atoms with van der Waals surface area (Å²) < 4.78 is 0. The molecule has 0 bridgehead atoms. The Morgan fingerprint density at radius 2 is 2.35 bits per heavy atom. The summed E-state index contributed by atoms with van der Waals surface area (Å²) in [4.78, 5) is 17.9. The van der Waals surface area contributed by atoms with Gasteiger partial charge in [-0.3, -0.25) is 4.79 Å². The van der Waals surface area contributed by atoms with E-state index in [4.69, 9.17) is 0 Å². The molecule has 1 N–H and O–H groups in total. The van der Waals surface area contributed by atoms with E-state index in [2.05, 4.69) is 16.4 Å². The van der Waals surface area contributed by atoms with Gasteiger partial charge in [-0.05, 0) is 37.0 Å². The number of aryl methyl sites for hydroxylation is 1. The van der Waals surface area contributed by atoms with Gasteiger partial charge in [0.05, 0.1) is 6.04 Å². The van der Waals surface area contributed by atoms with Crippen LogP contribution in [0.4, 0.5) is 5.82 Å². The van der Waals surface area contributed by atoms with Crippen LogP contribution in [0.25, 0.3) is 0 Å². The van der Waals surface area contributed by atoms with Crippen LogP contribution in [0.1, 0.15) is 36.9 Å². The Bertz CT molecular complexity index is 431. The summed E-state index contributed by atoms with van der Waals surface area (Å²) in [6.45, 7) is 4.54. The molecule has 1 fully saturated rings. The number of hydrogen-bond acceptors (Lipinski definition) is 3. The minimum Gasteiger partial charge on any atom is -0.373 e. The number of likely N-dealkylation sites (tertiary alicyclic amines) is 1. The number of nitrogens with zero attached hydrogens (tertiary/aromatic N) is 2. The molecule has 1 aliphatic heterocycles. The van der Waals surface area contributed by atoms with E-state index < -0.39 is 0 Å². The second-order valence-electron chi connectivity index (χ2n) is 4.55. The average Bonchev–Trinajstić information content (AvgIpc) is 2.77. The van der Waals surface area contributed by atoms with Crippen LogP contribution >= 0.6 is 0 Å². The highest BCUT2D eigenvalue weighted by atomic mass is 16.2. The normalized spacial score (nSPS) is 19.5. The molecular formula is C13H19N3O. The van der Waals surface area contributed by atoms with E-state index in [0.29, 0.717) is 0 Å². The molecule has 1 aromatic heterocycles. The minimum absolute atomic E-state index is 0.155. The fourth-order valence-corrected chi connectivity index (χ4v) is 2.53. The van der Waals surface area contributed by atoms with E-state index >= 15 is 0 Å². The molecule has 0 radical (unpaired) electrons. The summed E-state index contributed by atoms with van der Waals surface area (Å²) in [5.41, 5.74) is 2.27. The van der Waals surface area contributed by atoms with Crippen LogP contribution in [-0.2, 0) is 4.79 Å². The number of amides is 1. The number of pyridine rings is 1. The maximum atomic E-state index is 11.5. The second kappa shape index (κ2) is 4.73. The standard InChI is InChI=1S/C13H19N3O/c1-9-7-11(8-15-13(9)14-3)12-5-4-6-16(12)10(2)17/h7-8,12H,4-6H2,1-3H3,(H,14,15). The Balaban J connectivity index is 2.27. The summed E-state index contributed by atoms with van der Waals surface area (Å²) >= 11 is 0. The lowest BCUT2D eigenvalue weighted by Gasteiger charge is -2.24. The Labute approximate surface area is 102 Å². The first-order valence-corrected chi connectivity index (χ1v) is 6.05. The lowest BCUT2D eigenvalue weighted by atomic mass is 10.0. The quantitative estimate of drug-likeness (QED) is 0.851. The maximum absolute atomic E-state index is 11.5. The Hall–Kier alpha value is -1.58. The van der Waals surface area contributed by atoms with Crippen molar-refractivity contribution in [3.63, 3.8) is 0 Å². The molecule has 1 atom stereocenters. The molecule has 17 heavy (non-hydrogen) atoms. The summed E-state index contributed by atoms with van der Waals surface area (Å²) in [7, 11) is 1.87. The zero-order valence-corrected chi connectivity index (χ0v) is 10.7. The third-order valence-corrected chi connectivity index (χ3v) is 3.38. The van der Waals surface area contributed by atoms with Gasteiger partial charge in [0.2, 0.25) is 5.91 Å². The lowest BCUT2D eigenvalue weighted by molar-refractivity contribution is -0.129. The van der Waals surface area contributed by atoms with E-state index in [1.807, 2.05) is 25.1 Å². The fraction of sp³-hybridized carbons (Fsp3) is 0.538. The SMILES string of the molecule is CNc1ncc(C2CCCN2C(C)=O)cc1C. The molecule has 1 amide bonds. The molecule has 1 saturated heterocycles. The van der Waals surface area contributed by atoms with Crippen LogP contribution in [0, 0.1) is 6.92 Å². The van der Waals surface area contributed by atoms with Gasteiger partial charge < -0.3 is 10.2 Å². The lowest BCUT2D eigenvalue weighted by Crippen LogP contribution is -2.28. The molecule has 92 valence electrons. The van der Waals surface area contributed by atoms with Gasteiger partial charge in [-0.15, -0.1) is 0 Å². The molecule has 0 aromatic carbocycles. The third-order valence-electron chi connectivity index (χ3n) is 3.38. The Morgan fingerprint density at radius 3 is 2.94 bits per heavy atom. The van der Waals surface area contributed by atoms with Gasteiger partial charge in [-0.1, -0.05) is 0 Å². The van der Waals surface area contributed by atoms with Crippen LogP contribution in [0.3, 0.4) is 0 Å². The van der Waals surface area contributed by atoms with Gasteiger partial charge in [0, 0.05) is 26.7 Å². The molecule has 0 saturated carbocycles. The van der Waals surface area contributed by atoms with Crippen molar-refractivity contribution in [3.8, 4) is 0 Å². The van der Waals surface area contributed by atoms with Crippen molar-refractivity contribution in [3.05, 3.63) is 23.4 Å². The van der Waals surface area contributed by atoms with Crippen LogP contribution in [0.2, 0.25) is 0 Å². The first-order valence-electron chi connectivity index (χ1n) is 6.05. The minimum atomic E-state index is 0.155. The van der Waals surface area contributed by atoms with Gasteiger partial charge >= 0.3 is 0 Å². The van der Waals surface area contributed by atoms with E-state index in [1.165, 1.54) is 0 Å². The van der Waals surface area contributed by atoms with Gasteiger partial charge in [0.15, 0.2) is 0 Å². The van der Waals surface area contributed by atoms with E-state index in [-0.39, 0.29) is 11.9 Å². The smallest absolute Gasteiger partial charge is 0.219 e. The molecule has 1 aromatic rings. The summed E-state index contributed by atoms with van der Waals surface area (Å²) in [6, 6.07) is 2.34. The van der Waals surface area contributed by atoms with Gasteiger partial charge in [-0.25, -0.2) is 4.98 Å². The van der Waals surface area contributed by atoms with Gasteiger partial charge in [-0.2, -0.15) is 0 Å². The van der Waals surface area contributed by atoms with Gasteiger partial charge in [0.1, 0.15) is 5.82 Å². The van der Waals surface area contributed by atoms with Crippen molar-refractivity contribution >= 4 is 11.7 Å². The van der Waals surface area contributed by atoms with E-state index in [1.54, 1.807) is 6.92 Å². The van der Waals surface area contributed by atoms with E-state index in [0.717, 1.165) is 36.3 Å². The van der Waals surface area contributed by atoms with Crippen LogP contribution in [0.5, 0.6) is 0 Å². The number of nitrogens with one attached hydrogen (secondary N) is 1. The largest absolute Gasteiger partial charge is 0.373 e. The van der Waals surface area contributed by atoms with Crippen molar-refractivity contribution in [1.29, 1.82) is 0 Å². The molecule has 2 rings (SSSR count). The number of carbonyl (C=O) groups excluding carboxylic acids is 1.